The van der Waals surface area contributed by atoms with Crippen molar-refractivity contribution in [2.45, 2.75) is 51.8 Å². The third-order valence-electron chi connectivity index (χ3n) is 3.35. The summed E-state index contributed by atoms with van der Waals surface area (Å²) >= 11 is 1.77. The molecule has 0 aliphatic carbocycles. The smallest absolute Gasteiger partial charge is 0.125 e. The third-order valence-corrected chi connectivity index (χ3v) is 4.53. The molecule has 1 aromatic heterocycles. The highest BCUT2D eigenvalue weighted by molar-refractivity contribution is 7.11. The van der Waals surface area contributed by atoms with E-state index in [1.54, 1.807) is 11.3 Å². The van der Waals surface area contributed by atoms with E-state index in [1.165, 1.54) is 4.88 Å². The largest absolute Gasteiger partial charge is 0.381 e. The molecule has 0 aromatic carbocycles. The Kier molecular flexibility index (Phi) is 5.33. The molecule has 0 radical (unpaired) electrons. The van der Waals surface area contributed by atoms with Crippen LogP contribution in [-0.4, -0.2) is 30.8 Å². The van der Waals surface area contributed by atoms with Gasteiger partial charge < -0.3 is 14.8 Å². The van der Waals surface area contributed by atoms with Gasteiger partial charge >= 0.3 is 0 Å². The first-order chi connectivity index (χ1) is 9.16. The molecule has 0 spiro atoms. The summed E-state index contributed by atoms with van der Waals surface area (Å²) in [5.41, 5.74) is -0.215. The maximum Gasteiger partial charge on any atom is 0.125 e. The van der Waals surface area contributed by atoms with E-state index in [0.29, 0.717) is 6.04 Å². The molecule has 0 unspecified atom stereocenters. The van der Waals surface area contributed by atoms with E-state index in [9.17, 15) is 0 Å². The quantitative estimate of drug-likeness (QED) is 0.872. The second-order valence-corrected chi connectivity index (χ2v) is 6.32. The van der Waals surface area contributed by atoms with Crippen molar-refractivity contribution in [1.82, 2.24) is 10.3 Å². The zero-order valence-electron chi connectivity index (χ0n) is 12.1. The van der Waals surface area contributed by atoms with Gasteiger partial charge in [-0.25, -0.2) is 4.98 Å². The fourth-order valence-electron chi connectivity index (χ4n) is 2.30. The first-order valence-corrected chi connectivity index (χ1v) is 7.88. The predicted molar refractivity (Wildman–Crippen MR) is 77.4 cm³/mol. The van der Waals surface area contributed by atoms with Crippen molar-refractivity contribution in [2.24, 2.45) is 0 Å². The first-order valence-electron chi connectivity index (χ1n) is 7.06. The topological polar surface area (TPSA) is 43.4 Å². The van der Waals surface area contributed by atoms with Gasteiger partial charge in [0.25, 0.3) is 0 Å². The normalized spacial score (nSPS) is 18.9. The van der Waals surface area contributed by atoms with Crippen molar-refractivity contribution in [3.05, 3.63) is 16.1 Å². The summed E-state index contributed by atoms with van der Waals surface area (Å²) in [5, 5.41) is 4.54. The Morgan fingerprint density at radius 2 is 2.21 bits per heavy atom. The molecule has 2 rings (SSSR count). The lowest BCUT2D eigenvalue weighted by Gasteiger charge is -2.35. The molecular weight excluding hydrogens is 260 g/mol. The maximum absolute atomic E-state index is 6.04. The third kappa shape index (κ3) is 3.75. The van der Waals surface area contributed by atoms with E-state index < -0.39 is 0 Å². The van der Waals surface area contributed by atoms with Crippen LogP contribution in [0.1, 0.15) is 43.5 Å². The Bertz CT molecular complexity index is 381. The SMILES string of the molecule is CCOC1(c2ncc(CNC(C)C)s2)CCOCC1. The van der Waals surface area contributed by atoms with Crippen LogP contribution in [0.2, 0.25) is 0 Å². The summed E-state index contributed by atoms with van der Waals surface area (Å²) < 4.78 is 11.5. The van der Waals surface area contributed by atoms with Crippen LogP contribution in [-0.2, 0) is 21.6 Å². The van der Waals surface area contributed by atoms with Gasteiger partial charge in [-0.2, -0.15) is 0 Å². The average molecular weight is 284 g/mol. The van der Waals surface area contributed by atoms with Gasteiger partial charge in [0.05, 0.1) is 0 Å². The molecule has 0 atom stereocenters. The van der Waals surface area contributed by atoms with Crippen LogP contribution >= 0.6 is 11.3 Å². The van der Waals surface area contributed by atoms with Crippen LogP contribution in [0.15, 0.2) is 6.20 Å². The standard InChI is InChI=1S/C14H24N2O2S/c1-4-18-14(5-7-17-8-6-14)13-16-10-12(19-13)9-15-11(2)3/h10-11,15H,4-9H2,1-3H3. The lowest BCUT2D eigenvalue weighted by atomic mass is 9.95. The Hall–Kier alpha value is -0.490. The van der Waals surface area contributed by atoms with Gasteiger partial charge in [-0.1, -0.05) is 13.8 Å². The molecule has 1 saturated heterocycles. The van der Waals surface area contributed by atoms with Crippen molar-refractivity contribution in [3.63, 3.8) is 0 Å². The Balaban J connectivity index is 2.09. The van der Waals surface area contributed by atoms with Crippen LogP contribution in [0.4, 0.5) is 0 Å². The van der Waals surface area contributed by atoms with Crippen LogP contribution in [0.5, 0.6) is 0 Å². The van der Waals surface area contributed by atoms with E-state index in [-0.39, 0.29) is 5.60 Å². The fraction of sp³-hybridized carbons (Fsp3) is 0.786. The monoisotopic (exact) mass is 284 g/mol. The van der Waals surface area contributed by atoms with Crippen molar-refractivity contribution < 1.29 is 9.47 Å². The van der Waals surface area contributed by atoms with Crippen LogP contribution < -0.4 is 5.32 Å². The van der Waals surface area contributed by atoms with Crippen LogP contribution in [0, 0.1) is 0 Å². The Labute approximate surface area is 119 Å². The van der Waals surface area contributed by atoms with Gasteiger partial charge in [0, 0.05) is 56.3 Å². The molecule has 1 aliphatic rings. The number of aromatic nitrogens is 1. The summed E-state index contributed by atoms with van der Waals surface area (Å²) in [6, 6.07) is 0.495. The Morgan fingerprint density at radius 1 is 1.47 bits per heavy atom. The molecule has 19 heavy (non-hydrogen) atoms. The maximum atomic E-state index is 6.04. The number of ether oxygens (including phenoxy) is 2. The number of nitrogens with one attached hydrogen (secondary N) is 1. The molecule has 2 heterocycles. The minimum absolute atomic E-state index is 0.215. The number of rotatable bonds is 6. The molecule has 0 bridgehead atoms. The molecule has 1 aliphatic heterocycles. The zero-order valence-corrected chi connectivity index (χ0v) is 12.9. The minimum atomic E-state index is -0.215. The highest BCUT2D eigenvalue weighted by Gasteiger charge is 2.37. The predicted octanol–water partition coefficient (Wildman–Crippen LogP) is 2.68. The van der Waals surface area contributed by atoms with E-state index in [1.807, 2.05) is 13.1 Å². The number of hydrogen-bond acceptors (Lipinski definition) is 5. The molecule has 1 aromatic rings. The zero-order chi connectivity index (χ0) is 13.7. The average Bonchev–Trinajstić information content (AvgIpc) is 2.87. The Morgan fingerprint density at radius 3 is 2.84 bits per heavy atom. The molecule has 1 N–H and O–H groups in total. The van der Waals surface area contributed by atoms with Crippen molar-refractivity contribution in [1.29, 1.82) is 0 Å². The molecule has 5 heteroatoms. The molecule has 0 amide bonds. The second-order valence-electron chi connectivity index (χ2n) is 5.21. The lowest BCUT2D eigenvalue weighted by molar-refractivity contribution is -0.112. The molecule has 0 saturated carbocycles. The molecule has 108 valence electrons. The molecule has 1 fully saturated rings. The van der Waals surface area contributed by atoms with E-state index >= 15 is 0 Å². The summed E-state index contributed by atoms with van der Waals surface area (Å²) in [5.74, 6) is 0. The summed E-state index contributed by atoms with van der Waals surface area (Å²) in [4.78, 5) is 5.88. The van der Waals surface area contributed by atoms with E-state index in [0.717, 1.165) is 44.2 Å². The van der Waals surface area contributed by atoms with Gasteiger partial charge in [-0.05, 0) is 6.92 Å². The van der Waals surface area contributed by atoms with Gasteiger partial charge in [-0.15, -0.1) is 11.3 Å². The van der Waals surface area contributed by atoms with Gasteiger partial charge in [0.1, 0.15) is 10.6 Å². The van der Waals surface area contributed by atoms with Gasteiger partial charge in [0.2, 0.25) is 0 Å². The van der Waals surface area contributed by atoms with Crippen molar-refractivity contribution >= 4 is 11.3 Å². The van der Waals surface area contributed by atoms with Gasteiger partial charge in [0.15, 0.2) is 0 Å². The van der Waals surface area contributed by atoms with Crippen LogP contribution in [0.25, 0.3) is 0 Å². The summed E-state index contributed by atoms with van der Waals surface area (Å²) in [7, 11) is 0. The fourth-order valence-corrected chi connectivity index (χ4v) is 3.37. The minimum Gasteiger partial charge on any atom is -0.381 e. The van der Waals surface area contributed by atoms with Crippen LogP contribution in [0.3, 0.4) is 0 Å². The van der Waals surface area contributed by atoms with E-state index in [2.05, 4.69) is 24.1 Å². The number of nitrogens with zero attached hydrogens (tertiary/aromatic N) is 1. The lowest BCUT2D eigenvalue weighted by Crippen LogP contribution is -2.36. The van der Waals surface area contributed by atoms with Crippen molar-refractivity contribution in [3.8, 4) is 0 Å². The van der Waals surface area contributed by atoms with Crippen molar-refractivity contribution in [2.75, 3.05) is 19.8 Å². The molecule has 4 nitrogen and oxygen atoms in total. The van der Waals surface area contributed by atoms with Gasteiger partial charge in [-0.3, -0.25) is 0 Å². The first kappa shape index (κ1) is 14.9. The highest BCUT2D eigenvalue weighted by Crippen LogP contribution is 2.38. The summed E-state index contributed by atoms with van der Waals surface area (Å²) in [6.45, 7) is 9.49. The number of hydrogen-bond donors (Lipinski definition) is 1. The highest BCUT2D eigenvalue weighted by atomic mass is 32.1. The molecular formula is C14H24N2O2S. The number of thiazole rings is 1. The van der Waals surface area contributed by atoms with E-state index in [4.69, 9.17) is 9.47 Å². The second kappa shape index (κ2) is 6.79. The summed E-state index contributed by atoms with van der Waals surface area (Å²) in [6.07, 6.45) is 3.79.